The van der Waals surface area contributed by atoms with Gasteiger partial charge < -0.3 is 10.4 Å². The van der Waals surface area contributed by atoms with Crippen molar-refractivity contribution in [2.45, 2.75) is 25.5 Å². The van der Waals surface area contributed by atoms with E-state index in [1.165, 1.54) is 6.07 Å². The fraction of sp³-hybridized carbons (Fsp3) is 0.538. The van der Waals surface area contributed by atoms with Gasteiger partial charge in [-0.15, -0.1) is 0 Å². The number of hydrogen-bond acceptors (Lipinski definition) is 3. The molecule has 5 heteroatoms. The second-order valence-electron chi connectivity index (χ2n) is 4.70. The predicted octanol–water partition coefficient (Wildman–Crippen LogP) is 3.35. The Morgan fingerprint density at radius 3 is 2.78 bits per heavy atom. The molecule has 2 atom stereocenters. The van der Waals surface area contributed by atoms with E-state index in [9.17, 15) is 9.50 Å². The summed E-state index contributed by atoms with van der Waals surface area (Å²) < 4.78 is 14.5. The van der Waals surface area contributed by atoms with E-state index in [4.69, 9.17) is 0 Å². The normalized spacial score (nSPS) is 16.3. The second-order valence-corrected chi connectivity index (χ2v) is 6.48. The molecule has 0 aliphatic carbocycles. The summed E-state index contributed by atoms with van der Waals surface area (Å²) in [6, 6.07) is 4.89. The van der Waals surface area contributed by atoms with E-state index in [0.29, 0.717) is 17.9 Å². The number of nitrogens with one attached hydrogen (secondary N) is 1. The minimum Gasteiger partial charge on any atom is -0.388 e. The summed E-state index contributed by atoms with van der Waals surface area (Å²) in [6.07, 6.45) is 1.95. The van der Waals surface area contributed by atoms with Gasteiger partial charge in [-0.3, -0.25) is 0 Å². The van der Waals surface area contributed by atoms with Gasteiger partial charge in [0.15, 0.2) is 0 Å². The topological polar surface area (TPSA) is 32.3 Å². The Morgan fingerprint density at radius 1 is 1.56 bits per heavy atom. The zero-order valence-corrected chi connectivity index (χ0v) is 13.2. The van der Waals surface area contributed by atoms with Crippen LogP contribution in [0.25, 0.3) is 0 Å². The van der Waals surface area contributed by atoms with E-state index < -0.39 is 5.60 Å². The van der Waals surface area contributed by atoms with Crippen molar-refractivity contribution in [1.82, 2.24) is 5.32 Å². The molecule has 0 aliphatic heterocycles. The third-order valence-corrected chi connectivity index (χ3v) is 4.08. The zero-order chi connectivity index (χ0) is 13.8. The molecule has 1 rings (SSSR count). The van der Waals surface area contributed by atoms with Gasteiger partial charge in [-0.25, -0.2) is 4.39 Å². The minimum atomic E-state index is -0.778. The summed E-state index contributed by atoms with van der Waals surface area (Å²) in [5, 5.41) is 13.2. The molecule has 1 aromatic carbocycles. The first-order valence-corrected chi connectivity index (χ1v) is 7.94. The van der Waals surface area contributed by atoms with Crippen LogP contribution in [0.15, 0.2) is 22.7 Å². The van der Waals surface area contributed by atoms with Crippen molar-refractivity contribution < 1.29 is 9.50 Å². The predicted molar refractivity (Wildman–Crippen MR) is 79.5 cm³/mol. The summed E-state index contributed by atoms with van der Waals surface area (Å²) in [6.45, 7) is 4.10. The highest BCUT2D eigenvalue weighted by Gasteiger charge is 2.21. The van der Waals surface area contributed by atoms with E-state index >= 15 is 0 Å². The maximum absolute atomic E-state index is 13.7. The van der Waals surface area contributed by atoms with Crippen molar-refractivity contribution in [2.75, 3.05) is 18.6 Å². The third kappa shape index (κ3) is 4.88. The average Bonchev–Trinajstić information content (AvgIpc) is 2.26. The highest BCUT2D eigenvalue weighted by atomic mass is 79.9. The lowest BCUT2D eigenvalue weighted by molar-refractivity contribution is 0.0819. The molecular weight excluding hydrogens is 317 g/mol. The van der Waals surface area contributed by atoms with E-state index in [1.54, 1.807) is 24.8 Å². The molecule has 0 fully saturated rings. The quantitative estimate of drug-likeness (QED) is 0.836. The minimum absolute atomic E-state index is 0.133. The van der Waals surface area contributed by atoms with Crippen molar-refractivity contribution in [3.8, 4) is 0 Å². The number of thioether (sulfide) groups is 1. The summed E-state index contributed by atoms with van der Waals surface area (Å²) in [5.41, 5.74) is -0.169. The lowest BCUT2D eigenvalue weighted by Crippen LogP contribution is -2.41. The van der Waals surface area contributed by atoms with Crippen LogP contribution < -0.4 is 5.32 Å². The van der Waals surface area contributed by atoms with E-state index in [0.717, 1.165) is 4.47 Å². The number of rotatable bonds is 6. The maximum Gasteiger partial charge on any atom is 0.129 e. The van der Waals surface area contributed by atoms with Gasteiger partial charge in [-0.1, -0.05) is 22.0 Å². The highest BCUT2D eigenvalue weighted by molar-refractivity contribution is 9.10. The molecule has 0 aliphatic rings. The smallest absolute Gasteiger partial charge is 0.129 e. The van der Waals surface area contributed by atoms with Crippen LogP contribution in [-0.4, -0.2) is 29.3 Å². The number of benzene rings is 1. The lowest BCUT2D eigenvalue weighted by atomic mass is 10.1. The zero-order valence-electron chi connectivity index (χ0n) is 10.8. The molecule has 0 saturated carbocycles. The molecule has 1 aromatic rings. The van der Waals surface area contributed by atoms with Gasteiger partial charge in [0.25, 0.3) is 0 Å². The van der Waals surface area contributed by atoms with Gasteiger partial charge in [0, 0.05) is 28.4 Å². The fourth-order valence-electron chi connectivity index (χ4n) is 1.70. The van der Waals surface area contributed by atoms with Crippen LogP contribution in [0.5, 0.6) is 0 Å². The van der Waals surface area contributed by atoms with Crippen LogP contribution in [-0.2, 0) is 0 Å². The van der Waals surface area contributed by atoms with E-state index in [-0.39, 0.29) is 11.9 Å². The van der Waals surface area contributed by atoms with Crippen molar-refractivity contribution in [3.63, 3.8) is 0 Å². The Balaban J connectivity index is 2.63. The van der Waals surface area contributed by atoms with Gasteiger partial charge in [0.05, 0.1) is 5.60 Å². The monoisotopic (exact) mass is 335 g/mol. The van der Waals surface area contributed by atoms with Crippen LogP contribution in [0.1, 0.15) is 25.5 Å². The molecule has 0 radical (unpaired) electrons. The van der Waals surface area contributed by atoms with Gasteiger partial charge in [-0.2, -0.15) is 11.8 Å². The molecule has 2 unspecified atom stereocenters. The molecule has 0 amide bonds. The van der Waals surface area contributed by atoms with Crippen LogP contribution in [0.3, 0.4) is 0 Å². The Kier molecular flexibility index (Phi) is 6.11. The first kappa shape index (κ1) is 16.0. The van der Waals surface area contributed by atoms with Crippen LogP contribution >= 0.6 is 27.7 Å². The fourth-order valence-corrected chi connectivity index (χ4v) is 2.75. The van der Waals surface area contributed by atoms with Crippen LogP contribution in [0.2, 0.25) is 0 Å². The molecule has 0 bridgehead atoms. The summed E-state index contributed by atoms with van der Waals surface area (Å²) in [7, 11) is 0. The molecular formula is C13H19BrFNOS. The SMILES string of the molecule is CSCC(C)(O)CNC(C)c1ccc(Br)cc1F. The van der Waals surface area contributed by atoms with Gasteiger partial charge >= 0.3 is 0 Å². The molecule has 2 nitrogen and oxygen atoms in total. The number of halogens is 2. The molecule has 0 spiro atoms. The lowest BCUT2D eigenvalue weighted by Gasteiger charge is -2.25. The first-order valence-electron chi connectivity index (χ1n) is 5.75. The highest BCUT2D eigenvalue weighted by Crippen LogP contribution is 2.21. The van der Waals surface area contributed by atoms with Gasteiger partial charge in [0.2, 0.25) is 0 Å². The number of aliphatic hydroxyl groups is 1. The van der Waals surface area contributed by atoms with E-state index in [1.807, 2.05) is 19.2 Å². The Morgan fingerprint density at radius 2 is 2.22 bits per heavy atom. The Labute approximate surface area is 120 Å². The molecule has 18 heavy (non-hydrogen) atoms. The summed E-state index contributed by atoms with van der Waals surface area (Å²) >= 11 is 4.82. The molecule has 102 valence electrons. The van der Waals surface area contributed by atoms with Crippen molar-refractivity contribution >= 4 is 27.7 Å². The molecule has 0 aromatic heterocycles. The second kappa shape index (κ2) is 6.89. The van der Waals surface area contributed by atoms with Gasteiger partial charge in [0.1, 0.15) is 5.82 Å². The number of hydrogen-bond donors (Lipinski definition) is 2. The average molecular weight is 336 g/mol. The first-order chi connectivity index (χ1) is 8.35. The summed E-state index contributed by atoms with van der Waals surface area (Å²) in [4.78, 5) is 0. The maximum atomic E-state index is 13.7. The van der Waals surface area contributed by atoms with Crippen molar-refractivity contribution in [3.05, 3.63) is 34.1 Å². The van der Waals surface area contributed by atoms with Crippen LogP contribution in [0, 0.1) is 5.82 Å². The molecule has 0 saturated heterocycles. The van der Waals surface area contributed by atoms with E-state index in [2.05, 4.69) is 21.2 Å². The molecule has 2 N–H and O–H groups in total. The largest absolute Gasteiger partial charge is 0.388 e. The Hall–Kier alpha value is -0.100. The molecule has 0 heterocycles. The van der Waals surface area contributed by atoms with Crippen LogP contribution in [0.4, 0.5) is 4.39 Å². The Bertz CT molecular complexity index is 401. The van der Waals surface area contributed by atoms with Crippen molar-refractivity contribution in [2.24, 2.45) is 0 Å². The van der Waals surface area contributed by atoms with Crippen molar-refractivity contribution in [1.29, 1.82) is 0 Å². The summed E-state index contributed by atoms with van der Waals surface area (Å²) in [5.74, 6) is 0.407. The standard InChI is InChI=1S/C13H19BrFNOS/c1-9(16-7-13(2,17)8-18-3)11-5-4-10(14)6-12(11)15/h4-6,9,16-17H,7-8H2,1-3H3. The van der Waals surface area contributed by atoms with Gasteiger partial charge in [-0.05, 0) is 32.2 Å². The third-order valence-electron chi connectivity index (χ3n) is 2.67.